The van der Waals surface area contributed by atoms with Crippen LogP contribution in [0.15, 0.2) is 24.3 Å². The third-order valence-corrected chi connectivity index (χ3v) is 4.04. The molecule has 0 saturated carbocycles. The highest BCUT2D eigenvalue weighted by Crippen LogP contribution is 2.36. The van der Waals surface area contributed by atoms with Crippen molar-refractivity contribution in [1.29, 1.82) is 0 Å². The van der Waals surface area contributed by atoms with Crippen LogP contribution in [0, 0.1) is 0 Å². The Hall–Kier alpha value is -0.570. The van der Waals surface area contributed by atoms with Gasteiger partial charge in [0.25, 0.3) is 0 Å². The summed E-state index contributed by atoms with van der Waals surface area (Å²) in [5.41, 5.74) is 7.33. The monoisotopic (exact) mass is 238 g/mol. The zero-order chi connectivity index (χ0) is 11.6. The fourth-order valence-corrected chi connectivity index (χ4v) is 2.80. The molecule has 1 saturated heterocycles. The number of rotatable bonds is 2. The minimum atomic E-state index is 0.0167. The Kier molecular flexibility index (Phi) is 3.53. The maximum Gasteiger partial charge on any atom is 0.0581 e. The quantitative estimate of drug-likeness (QED) is 0.858. The molecule has 1 unspecified atom stereocenters. The highest BCUT2D eigenvalue weighted by Gasteiger charge is 2.36. The lowest BCUT2D eigenvalue weighted by Crippen LogP contribution is -2.51. The third kappa shape index (κ3) is 1.97. The standard InChI is InChI=1S/C13H19ClN2/c1-16-9-3-2-8-13(16,10-15)11-4-6-12(14)7-5-11/h4-7H,2-3,8-10,15H2,1H3. The molecule has 1 atom stereocenters. The molecular weight excluding hydrogens is 220 g/mol. The van der Waals surface area contributed by atoms with Crippen molar-refractivity contribution in [3.8, 4) is 0 Å². The molecule has 1 fully saturated rings. The van der Waals surface area contributed by atoms with Crippen LogP contribution in [-0.4, -0.2) is 25.0 Å². The van der Waals surface area contributed by atoms with E-state index in [2.05, 4.69) is 24.1 Å². The maximum absolute atomic E-state index is 6.02. The molecule has 0 bridgehead atoms. The molecule has 88 valence electrons. The summed E-state index contributed by atoms with van der Waals surface area (Å²) in [5, 5.41) is 0.786. The second kappa shape index (κ2) is 4.74. The Morgan fingerprint density at radius 2 is 2.00 bits per heavy atom. The highest BCUT2D eigenvalue weighted by atomic mass is 35.5. The van der Waals surface area contributed by atoms with E-state index in [9.17, 15) is 0 Å². The van der Waals surface area contributed by atoms with Crippen molar-refractivity contribution in [3.05, 3.63) is 34.9 Å². The van der Waals surface area contributed by atoms with E-state index in [4.69, 9.17) is 17.3 Å². The van der Waals surface area contributed by atoms with Gasteiger partial charge in [0.05, 0.1) is 5.54 Å². The van der Waals surface area contributed by atoms with Crippen LogP contribution in [0.25, 0.3) is 0 Å². The van der Waals surface area contributed by atoms with Crippen LogP contribution in [0.5, 0.6) is 0 Å². The molecule has 2 rings (SSSR count). The normalized spacial score (nSPS) is 26.9. The predicted molar refractivity (Wildman–Crippen MR) is 68.7 cm³/mol. The number of halogens is 1. The lowest BCUT2D eigenvalue weighted by atomic mass is 9.81. The van der Waals surface area contributed by atoms with Gasteiger partial charge >= 0.3 is 0 Å². The van der Waals surface area contributed by atoms with E-state index in [-0.39, 0.29) is 5.54 Å². The number of hydrogen-bond donors (Lipinski definition) is 1. The Labute approximate surface area is 102 Å². The zero-order valence-electron chi connectivity index (χ0n) is 9.75. The van der Waals surface area contributed by atoms with Gasteiger partial charge in [-0.25, -0.2) is 0 Å². The number of benzene rings is 1. The van der Waals surface area contributed by atoms with Gasteiger partial charge in [-0.2, -0.15) is 0 Å². The molecule has 2 nitrogen and oxygen atoms in total. The average Bonchev–Trinajstić information content (AvgIpc) is 2.31. The van der Waals surface area contributed by atoms with Crippen LogP contribution >= 0.6 is 11.6 Å². The van der Waals surface area contributed by atoms with Gasteiger partial charge in [-0.1, -0.05) is 23.7 Å². The number of piperidine rings is 1. The molecule has 0 aromatic heterocycles. The molecule has 0 radical (unpaired) electrons. The second-order valence-electron chi connectivity index (χ2n) is 4.62. The van der Waals surface area contributed by atoms with Crippen molar-refractivity contribution in [2.45, 2.75) is 24.8 Å². The SMILES string of the molecule is CN1CCCCC1(CN)c1ccc(Cl)cc1. The van der Waals surface area contributed by atoms with E-state index in [1.54, 1.807) is 0 Å². The van der Waals surface area contributed by atoms with E-state index >= 15 is 0 Å². The zero-order valence-corrected chi connectivity index (χ0v) is 10.5. The fourth-order valence-electron chi connectivity index (χ4n) is 2.67. The maximum atomic E-state index is 6.02. The van der Waals surface area contributed by atoms with E-state index in [1.165, 1.54) is 18.4 Å². The Bertz CT molecular complexity index is 349. The number of likely N-dealkylation sites (tertiary alicyclic amines) is 1. The molecule has 0 aliphatic carbocycles. The molecule has 2 N–H and O–H groups in total. The number of likely N-dealkylation sites (N-methyl/N-ethyl adjacent to an activating group) is 1. The molecular formula is C13H19ClN2. The lowest BCUT2D eigenvalue weighted by Gasteiger charge is -2.45. The summed E-state index contributed by atoms with van der Waals surface area (Å²) < 4.78 is 0. The van der Waals surface area contributed by atoms with E-state index in [1.807, 2.05) is 12.1 Å². The van der Waals surface area contributed by atoms with E-state index in [0.717, 1.165) is 18.0 Å². The molecule has 1 aliphatic heterocycles. The molecule has 1 heterocycles. The fraction of sp³-hybridized carbons (Fsp3) is 0.538. The van der Waals surface area contributed by atoms with Crippen LogP contribution in [0.2, 0.25) is 5.02 Å². The van der Waals surface area contributed by atoms with E-state index < -0.39 is 0 Å². The van der Waals surface area contributed by atoms with Crippen LogP contribution in [-0.2, 0) is 5.54 Å². The topological polar surface area (TPSA) is 29.3 Å². The van der Waals surface area contributed by atoms with Gasteiger partial charge in [-0.05, 0) is 50.6 Å². The summed E-state index contributed by atoms with van der Waals surface area (Å²) in [6.07, 6.45) is 3.66. The highest BCUT2D eigenvalue weighted by molar-refractivity contribution is 6.30. The smallest absolute Gasteiger partial charge is 0.0581 e. The van der Waals surface area contributed by atoms with Crippen LogP contribution < -0.4 is 5.73 Å². The first-order chi connectivity index (χ1) is 7.69. The Balaban J connectivity index is 2.36. The van der Waals surface area contributed by atoms with Crippen LogP contribution in [0.3, 0.4) is 0 Å². The van der Waals surface area contributed by atoms with E-state index in [0.29, 0.717) is 6.54 Å². The Morgan fingerprint density at radius 3 is 2.56 bits per heavy atom. The molecule has 16 heavy (non-hydrogen) atoms. The summed E-state index contributed by atoms with van der Waals surface area (Å²) in [4.78, 5) is 2.39. The number of nitrogens with zero attached hydrogens (tertiary/aromatic N) is 1. The first kappa shape index (κ1) is 11.9. The van der Waals surface area contributed by atoms with Crippen molar-refractivity contribution in [3.63, 3.8) is 0 Å². The molecule has 1 aromatic rings. The van der Waals surface area contributed by atoms with Crippen molar-refractivity contribution in [1.82, 2.24) is 4.90 Å². The summed E-state index contributed by atoms with van der Waals surface area (Å²) in [6, 6.07) is 8.13. The summed E-state index contributed by atoms with van der Waals surface area (Å²) in [7, 11) is 2.17. The Morgan fingerprint density at radius 1 is 1.31 bits per heavy atom. The number of hydrogen-bond acceptors (Lipinski definition) is 2. The molecule has 0 spiro atoms. The van der Waals surface area contributed by atoms with Gasteiger partial charge in [0, 0.05) is 11.6 Å². The summed E-state index contributed by atoms with van der Waals surface area (Å²) in [6.45, 7) is 1.80. The molecule has 1 aliphatic rings. The molecule has 0 amide bonds. The van der Waals surface area contributed by atoms with Crippen LogP contribution in [0.1, 0.15) is 24.8 Å². The first-order valence-electron chi connectivity index (χ1n) is 5.86. The molecule has 1 aromatic carbocycles. The van der Waals surface area contributed by atoms with Gasteiger partial charge in [-0.15, -0.1) is 0 Å². The minimum Gasteiger partial charge on any atom is -0.328 e. The van der Waals surface area contributed by atoms with Crippen molar-refractivity contribution < 1.29 is 0 Å². The lowest BCUT2D eigenvalue weighted by molar-refractivity contribution is 0.0784. The minimum absolute atomic E-state index is 0.0167. The largest absolute Gasteiger partial charge is 0.328 e. The number of nitrogens with two attached hydrogens (primary N) is 1. The van der Waals surface area contributed by atoms with Crippen LogP contribution in [0.4, 0.5) is 0 Å². The van der Waals surface area contributed by atoms with Gasteiger partial charge in [0.1, 0.15) is 0 Å². The van der Waals surface area contributed by atoms with Gasteiger partial charge < -0.3 is 5.73 Å². The van der Waals surface area contributed by atoms with Crippen molar-refractivity contribution in [2.75, 3.05) is 20.1 Å². The first-order valence-corrected chi connectivity index (χ1v) is 6.24. The predicted octanol–water partition coefficient (Wildman–Crippen LogP) is 2.61. The van der Waals surface area contributed by atoms with Crippen molar-refractivity contribution >= 4 is 11.6 Å². The average molecular weight is 239 g/mol. The second-order valence-corrected chi connectivity index (χ2v) is 5.06. The van der Waals surface area contributed by atoms with Gasteiger partial charge in [0.15, 0.2) is 0 Å². The van der Waals surface area contributed by atoms with Gasteiger partial charge in [-0.3, -0.25) is 4.90 Å². The van der Waals surface area contributed by atoms with Gasteiger partial charge in [0.2, 0.25) is 0 Å². The molecule has 3 heteroatoms. The van der Waals surface area contributed by atoms with Crippen molar-refractivity contribution in [2.24, 2.45) is 5.73 Å². The summed E-state index contributed by atoms with van der Waals surface area (Å²) >= 11 is 5.93. The third-order valence-electron chi connectivity index (χ3n) is 3.78. The summed E-state index contributed by atoms with van der Waals surface area (Å²) in [5.74, 6) is 0.